The van der Waals surface area contributed by atoms with Crippen molar-refractivity contribution in [1.82, 2.24) is 10.2 Å². The number of halogens is 2. The monoisotopic (exact) mass is 619 g/mol. The van der Waals surface area contributed by atoms with Crippen molar-refractivity contribution < 1.29 is 22.7 Å². The van der Waals surface area contributed by atoms with Gasteiger partial charge in [0.1, 0.15) is 18.3 Å². The van der Waals surface area contributed by atoms with E-state index in [0.717, 1.165) is 22.7 Å². The Morgan fingerprint density at radius 2 is 1.71 bits per heavy atom. The van der Waals surface area contributed by atoms with Crippen LogP contribution in [0.25, 0.3) is 0 Å². The van der Waals surface area contributed by atoms with Gasteiger partial charge in [-0.15, -0.1) is 0 Å². The fourth-order valence-electron chi connectivity index (χ4n) is 4.31. The van der Waals surface area contributed by atoms with E-state index in [2.05, 4.69) is 5.32 Å². The minimum absolute atomic E-state index is 0.0116. The lowest BCUT2D eigenvalue weighted by atomic mass is 10.1. The molecule has 1 atom stereocenters. The molecule has 3 rings (SSSR count). The lowest BCUT2D eigenvalue weighted by Gasteiger charge is -2.33. The van der Waals surface area contributed by atoms with Crippen LogP contribution >= 0.6 is 23.2 Å². The summed E-state index contributed by atoms with van der Waals surface area (Å²) in [5.41, 5.74) is 0.814. The Bertz CT molecular complexity index is 1440. The zero-order valence-corrected chi connectivity index (χ0v) is 25.7. The largest absolute Gasteiger partial charge is 0.497 e. The Morgan fingerprint density at radius 3 is 2.34 bits per heavy atom. The fourth-order valence-corrected chi connectivity index (χ4v) is 6.32. The molecule has 0 aliphatic heterocycles. The number of methoxy groups -OCH3 is 1. The maximum absolute atomic E-state index is 14.1. The molecular formula is C30H35Cl2N3O5S. The zero-order chi connectivity index (χ0) is 30.0. The molecule has 220 valence electrons. The molecule has 8 nitrogen and oxygen atoms in total. The van der Waals surface area contributed by atoms with Gasteiger partial charge < -0.3 is 15.0 Å². The van der Waals surface area contributed by atoms with Gasteiger partial charge in [-0.25, -0.2) is 8.42 Å². The van der Waals surface area contributed by atoms with Gasteiger partial charge in [-0.3, -0.25) is 13.9 Å². The maximum Gasteiger partial charge on any atom is 0.264 e. The SMILES string of the molecule is CCCCNC(=O)[C@@H](CC)N(Cc1cccc(OC)c1)C(=O)CN(c1ccc(Cl)cc1Cl)S(=O)(=O)c1ccccc1. The molecule has 11 heteroatoms. The van der Waals surface area contributed by atoms with E-state index >= 15 is 0 Å². The number of unbranched alkanes of at least 4 members (excludes halogenated alkanes) is 1. The van der Waals surface area contributed by atoms with Crippen LogP contribution < -0.4 is 14.4 Å². The second-order valence-electron chi connectivity index (χ2n) is 9.36. The number of anilines is 1. The molecule has 0 aliphatic carbocycles. The van der Waals surface area contributed by atoms with E-state index in [-0.39, 0.29) is 28.1 Å². The minimum atomic E-state index is -4.23. The smallest absolute Gasteiger partial charge is 0.264 e. The number of sulfonamides is 1. The second kappa shape index (κ2) is 15.1. The third-order valence-corrected chi connectivity index (χ3v) is 8.80. The van der Waals surface area contributed by atoms with Crippen molar-refractivity contribution in [1.29, 1.82) is 0 Å². The van der Waals surface area contributed by atoms with Crippen LogP contribution in [0.3, 0.4) is 0 Å². The number of hydrogen-bond donors (Lipinski definition) is 1. The van der Waals surface area contributed by atoms with Crippen molar-refractivity contribution in [2.24, 2.45) is 0 Å². The van der Waals surface area contributed by atoms with Gasteiger partial charge in [-0.05, 0) is 60.9 Å². The Kier molecular flexibility index (Phi) is 11.9. The number of benzene rings is 3. The van der Waals surface area contributed by atoms with Crippen molar-refractivity contribution in [3.63, 3.8) is 0 Å². The zero-order valence-electron chi connectivity index (χ0n) is 23.3. The highest BCUT2D eigenvalue weighted by molar-refractivity contribution is 7.92. The molecule has 0 spiro atoms. The molecule has 3 aromatic carbocycles. The van der Waals surface area contributed by atoms with E-state index in [4.69, 9.17) is 27.9 Å². The summed E-state index contributed by atoms with van der Waals surface area (Å²) in [4.78, 5) is 28.8. The van der Waals surface area contributed by atoms with Gasteiger partial charge in [0.15, 0.2) is 0 Å². The normalized spacial score (nSPS) is 11.9. The molecule has 0 radical (unpaired) electrons. The molecule has 0 heterocycles. The molecule has 41 heavy (non-hydrogen) atoms. The highest BCUT2D eigenvalue weighted by Gasteiger charge is 2.34. The maximum atomic E-state index is 14.1. The van der Waals surface area contributed by atoms with Crippen LogP contribution in [0.2, 0.25) is 10.0 Å². The van der Waals surface area contributed by atoms with Gasteiger partial charge >= 0.3 is 0 Å². The highest BCUT2D eigenvalue weighted by atomic mass is 35.5. The molecule has 1 N–H and O–H groups in total. The van der Waals surface area contributed by atoms with E-state index in [9.17, 15) is 18.0 Å². The van der Waals surface area contributed by atoms with Gasteiger partial charge in [0.25, 0.3) is 10.0 Å². The van der Waals surface area contributed by atoms with E-state index < -0.39 is 28.5 Å². The van der Waals surface area contributed by atoms with Crippen molar-refractivity contribution in [2.75, 3.05) is 24.5 Å². The van der Waals surface area contributed by atoms with Crippen LogP contribution in [0, 0.1) is 0 Å². The first kappa shape index (κ1) is 32.2. The molecule has 3 aromatic rings. The summed E-state index contributed by atoms with van der Waals surface area (Å²) >= 11 is 12.6. The number of ether oxygens (including phenoxy) is 1. The summed E-state index contributed by atoms with van der Waals surface area (Å²) in [6.45, 7) is 3.77. The Morgan fingerprint density at radius 1 is 0.976 bits per heavy atom. The number of carbonyl (C=O) groups is 2. The summed E-state index contributed by atoms with van der Waals surface area (Å²) in [5, 5.41) is 3.29. The summed E-state index contributed by atoms with van der Waals surface area (Å²) < 4.78 is 34.1. The van der Waals surface area contributed by atoms with Crippen molar-refractivity contribution in [3.8, 4) is 5.75 Å². The van der Waals surface area contributed by atoms with Crippen LogP contribution in [0.1, 0.15) is 38.7 Å². The summed E-state index contributed by atoms with van der Waals surface area (Å²) in [6, 6.07) is 18.5. The molecule has 0 saturated heterocycles. The molecule has 0 aliphatic rings. The van der Waals surface area contributed by atoms with Crippen molar-refractivity contribution in [2.45, 2.75) is 50.6 Å². The van der Waals surface area contributed by atoms with Crippen LogP contribution in [0.4, 0.5) is 5.69 Å². The predicted octanol–water partition coefficient (Wildman–Crippen LogP) is 5.92. The van der Waals surface area contributed by atoms with Gasteiger partial charge in [0, 0.05) is 18.1 Å². The molecule has 0 unspecified atom stereocenters. The number of rotatable bonds is 14. The van der Waals surface area contributed by atoms with E-state index in [1.807, 2.05) is 19.9 Å². The first-order valence-corrected chi connectivity index (χ1v) is 15.5. The summed E-state index contributed by atoms with van der Waals surface area (Å²) in [7, 11) is -2.69. The minimum Gasteiger partial charge on any atom is -0.497 e. The average molecular weight is 621 g/mol. The third-order valence-electron chi connectivity index (χ3n) is 6.49. The van der Waals surface area contributed by atoms with Gasteiger partial charge in [0.2, 0.25) is 11.8 Å². The molecule has 0 aromatic heterocycles. The lowest BCUT2D eigenvalue weighted by Crippen LogP contribution is -2.52. The number of nitrogens with one attached hydrogen (secondary N) is 1. The first-order valence-electron chi connectivity index (χ1n) is 13.3. The molecule has 0 bridgehead atoms. The van der Waals surface area contributed by atoms with Gasteiger partial charge in [0.05, 0.1) is 22.7 Å². The van der Waals surface area contributed by atoms with Crippen molar-refractivity contribution >= 4 is 50.7 Å². The standard InChI is InChI=1S/C30H35Cl2N3O5S/c1-4-6-17-33-30(37)27(5-2)34(20-22-11-10-12-24(18-22)40-3)29(36)21-35(28-16-15-23(31)19-26(28)32)41(38,39)25-13-8-7-9-14-25/h7-16,18-19,27H,4-6,17,20-21H2,1-3H3,(H,33,37)/t27-/m1/s1. The Balaban J connectivity index is 2.06. The number of hydrogen-bond acceptors (Lipinski definition) is 5. The van der Waals surface area contributed by atoms with E-state index in [1.165, 1.54) is 35.2 Å². The molecule has 0 saturated carbocycles. The van der Waals surface area contributed by atoms with Crippen LogP contribution in [0.5, 0.6) is 5.75 Å². The number of carbonyl (C=O) groups excluding carboxylic acids is 2. The van der Waals surface area contributed by atoms with E-state index in [1.54, 1.807) is 43.5 Å². The van der Waals surface area contributed by atoms with Crippen LogP contribution in [0.15, 0.2) is 77.7 Å². The number of nitrogens with zero attached hydrogens (tertiary/aromatic N) is 2. The topological polar surface area (TPSA) is 96.0 Å². The van der Waals surface area contributed by atoms with Gasteiger partial charge in [-0.2, -0.15) is 0 Å². The predicted molar refractivity (Wildman–Crippen MR) is 163 cm³/mol. The Labute approximate surface area is 252 Å². The average Bonchev–Trinajstić information content (AvgIpc) is 2.96. The summed E-state index contributed by atoms with van der Waals surface area (Å²) in [6.07, 6.45) is 2.02. The lowest BCUT2D eigenvalue weighted by molar-refractivity contribution is -0.140. The van der Waals surface area contributed by atoms with Crippen LogP contribution in [-0.2, 0) is 26.2 Å². The second-order valence-corrected chi connectivity index (χ2v) is 12.1. The molecular weight excluding hydrogens is 585 g/mol. The number of amides is 2. The quantitative estimate of drug-likeness (QED) is 0.226. The first-order chi connectivity index (χ1) is 19.6. The fraction of sp³-hybridized carbons (Fsp3) is 0.333. The van der Waals surface area contributed by atoms with Crippen molar-refractivity contribution in [3.05, 3.63) is 88.4 Å². The van der Waals surface area contributed by atoms with Crippen LogP contribution in [-0.4, -0.2) is 51.4 Å². The van der Waals surface area contributed by atoms with Gasteiger partial charge in [-0.1, -0.05) is 73.8 Å². The third kappa shape index (κ3) is 8.38. The van der Waals surface area contributed by atoms with E-state index in [0.29, 0.717) is 23.7 Å². The highest BCUT2D eigenvalue weighted by Crippen LogP contribution is 2.33. The molecule has 0 fully saturated rings. The Hall–Kier alpha value is -3.27. The molecule has 2 amide bonds. The summed E-state index contributed by atoms with van der Waals surface area (Å²) in [5.74, 6) is -0.286.